The summed E-state index contributed by atoms with van der Waals surface area (Å²) in [6.45, 7) is 4.99. The van der Waals surface area contributed by atoms with E-state index < -0.39 is 0 Å². The third kappa shape index (κ3) is 2.23. The molecular weight excluding hydrogens is 280 g/mol. The largest absolute Gasteiger partial charge is 0.399 e. The van der Waals surface area contributed by atoms with E-state index in [1.807, 2.05) is 18.2 Å². The fourth-order valence-electron chi connectivity index (χ4n) is 6.51. The van der Waals surface area contributed by atoms with Gasteiger partial charge in [-0.05, 0) is 73.5 Å². The lowest BCUT2D eigenvalue weighted by Gasteiger charge is -2.65. The zero-order chi connectivity index (χ0) is 14.9. The zero-order valence-electron chi connectivity index (χ0n) is 13.0. The smallest absolute Gasteiger partial charge is 0.0658 e. The molecule has 2 atom stereocenters. The molecule has 1 aromatic rings. The summed E-state index contributed by atoms with van der Waals surface area (Å²) in [5, 5.41) is 4.60. The highest BCUT2D eigenvalue weighted by molar-refractivity contribution is 6.33. The molecule has 4 saturated carbocycles. The van der Waals surface area contributed by atoms with E-state index in [1.165, 1.54) is 38.5 Å². The third-order valence-electron chi connectivity index (χ3n) is 6.02. The maximum Gasteiger partial charge on any atom is 0.0658 e. The minimum atomic E-state index is 0.239. The van der Waals surface area contributed by atoms with Gasteiger partial charge in [-0.1, -0.05) is 25.4 Å². The van der Waals surface area contributed by atoms with E-state index in [2.05, 4.69) is 19.2 Å². The molecule has 4 aliphatic rings. The predicted octanol–water partition coefficient (Wildman–Crippen LogP) is 5.08. The minimum Gasteiger partial charge on any atom is -0.399 e. The molecule has 4 fully saturated rings. The molecule has 0 aromatic heterocycles. The number of nitrogen functional groups attached to an aromatic ring is 1. The number of anilines is 2. The van der Waals surface area contributed by atoms with E-state index in [4.69, 9.17) is 17.3 Å². The van der Waals surface area contributed by atoms with Gasteiger partial charge in [-0.15, -0.1) is 0 Å². The number of nitrogens with one attached hydrogen (secondary N) is 1. The number of rotatable bonds is 2. The normalized spacial score (nSPS) is 44.0. The van der Waals surface area contributed by atoms with Crippen LogP contribution in [0.2, 0.25) is 5.02 Å². The van der Waals surface area contributed by atoms with Gasteiger partial charge in [0.1, 0.15) is 0 Å². The Morgan fingerprint density at radius 2 is 1.76 bits per heavy atom. The predicted molar refractivity (Wildman–Crippen MR) is 89.6 cm³/mol. The van der Waals surface area contributed by atoms with Gasteiger partial charge in [0, 0.05) is 11.2 Å². The first-order chi connectivity index (χ1) is 9.79. The van der Waals surface area contributed by atoms with Crippen LogP contribution in [0.25, 0.3) is 0 Å². The molecule has 3 heteroatoms. The van der Waals surface area contributed by atoms with Crippen LogP contribution in [0.1, 0.15) is 52.4 Å². The van der Waals surface area contributed by atoms with Crippen molar-refractivity contribution in [3.63, 3.8) is 0 Å². The standard InChI is InChI=1S/C18H25ClN2/c1-16-6-12-7-17(2,9-16)11-18(8-12,10-16)21-15-4-3-13(20)5-14(15)19/h3-5,12,21H,6-11,20H2,1-2H3. The van der Waals surface area contributed by atoms with Crippen LogP contribution in [0.5, 0.6) is 0 Å². The summed E-state index contributed by atoms with van der Waals surface area (Å²) in [4.78, 5) is 0. The van der Waals surface area contributed by atoms with Crippen LogP contribution in [0.4, 0.5) is 11.4 Å². The molecule has 0 radical (unpaired) electrons. The van der Waals surface area contributed by atoms with Gasteiger partial charge in [-0.3, -0.25) is 0 Å². The number of hydrogen-bond donors (Lipinski definition) is 2. The van der Waals surface area contributed by atoms with Crippen LogP contribution < -0.4 is 11.1 Å². The molecular formula is C18H25ClN2. The van der Waals surface area contributed by atoms with Crippen LogP contribution in [-0.2, 0) is 0 Å². The zero-order valence-corrected chi connectivity index (χ0v) is 13.8. The van der Waals surface area contributed by atoms with Crippen LogP contribution >= 0.6 is 11.6 Å². The Labute approximate surface area is 132 Å². The first-order valence-corrected chi connectivity index (χ1v) is 8.50. The van der Waals surface area contributed by atoms with Crippen molar-refractivity contribution in [1.82, 2.24) is 0 Å². The second kappa shape index (κ2) is 4.10. The Bertz CT molecular complexity index is 579. The lowest BCUT2D eigenvalue weighted by molar-refractivity contribution is -0.0972. The van der Waals surface area contributed by atoms with Crippen molar-refractivity contribution < 1.29 is 0 Å². The molecule has 1 aromatic carbocycles. The van der Waals surface area contributed by atoms with E-state index in [0.717, 1.165) is 22.3 Å². The number of hydrogen-bond acceptors (Lipinski definition) is 2. The maximum atomic E-state index is 6.40. The van der Waals surface area contributed by atoms with Crippen molar-refractivity contribution in [2.75, 3.05) is 11.1 Å². The summed E-state index contributed by atoms with van der Waals surface area (Å²) in [7, 11) is 0. The van der Waals surface area contributed by atoms with Gasteiger partial charge in [0.25, 0.3) is 0 Å². The van der Waals surface area contributed by atoms with Gasteiger partial charge in [0.15, 0.2) is 0 Å². The Balaban J connectivity index is 1.68. The summed E-state index contributed by atoms with van der Waals surface area (Å²) in [6, 6.07) is 5.84. The van der Waals surface area contributed by atoms with Crippen molar-refractivity contribution in [3.8, 4) is 0 Å². The van der Waals surface area contributed by atoms with Crippen molar-refractivity contribution in [3.05, 3.63) is 23.2 Å². The first-order valence-electron chi connectivity index (χ1n) is 8.12. The average molecular weight is 305 g/mol. The Morgan fingerprint density at radius 3 is 2.33 bits per heavy atom. The summed E-state index contributed by atoms with van der Waals surface area (Å²) >= 11 is 6.40. The first kappa shape index (κ1) is 13.8. The van der Waals surface area contributed by atoms with E-state index in [9.17, 15) is 0 Å². The van der Waals surface area contributed by atoms with Crippen LogP contribution in [-0.4, -0.2) is 5.54 Å². The molecule has 114 valence electrons. The van der Waals surface area contributed by atoms with Gasteiger partial charge in [0.2, 0.25) is 0 Å². The highest BCUT2D eigenvalue weighted by atomic mass is 35.5. The van der Waals surface area contributed by atoms with Gasteiger partial charge in [-0.2, -0.15) is 0 Å². The SMILES string of the molecule is CC12CC3CC(C)(C1)CC(Nc1ccc(N)cc1Cl)(C3)C2. The Kier molecular flexibility index (Phi) is 2.68. The molecule has 21 heavy (non-hydrogen) atoms. The molecule has 2 unspecified atom stereocenters. The van der Waals surface area contributed by atoms with Crippen molar-refractivity contribution >= 4 is 23.0 Å². The molecule has 0 spiro atoms. The molecule has 5 rings (SSSR count). The maximum absolute atomic E-state index is 6.40. The fraction of sp³-hybridized carbons (Fsp3) is 0.667. The summed E-state index contributed by atoms with van der Waals surface area (Å²) in [6.07, 6.45) is 8.11. The number of halogens is 1. The van der Waals surface area contributed by atoms with E-state index >= 15 is 0 Å². The summed E-state index contributed by atoms with van der Waals surface area (Å²) in [5.41, 5.74) is 8.87. The fourth-order valence-corrected chi connectivity index (χ4v) is 6.74. The van der Waals surface area contributed by atoms with Crippen molar-refractivity contribution in [2.45, 2.75) is 57.9 Å². The van der Waals surface area contributed by atoms with E-state index in [1.54, 1.807) is 0 Å². The second-order valence-electron chi connectivity index (χ2n) is 8.77. The molecule has 3 N–H and O–H groups in total. The molecule has 0 aliphatic heterocycles. The monoisotopic (exact) mass is 304 g/mol. The molecule has 4 aliphatic carbocycles. The van der Waals surface area contributed by atoms with Gasteiger partial charge >= 0.3 is 0 Å². The lowest BCUT2D eigenvalue weighted by Crippen LogP contribution is -2.61. The molecule has 2 nitrogen and oxygen atoms in total. The molecule has 0 amide bonds. The molecule has 0 saturated heterocycles. The van der Waals surface area contributed by atoms with Gasteiger partial charge < -0.3 is 11.1 Å². The highest BCUT2D eigenvalue weighted by Crippen LogP contribution is 2.66. The highest BCUT2D eigenvalue weighted by Gasteiger charge is 2.60. The topological polar surface area (TPSA) is 38.0 Å². The number of benzene rings is 1. The lowest BCUT2D eigenvalue weighted by atomic mass is 9.43. The van der Waals surface area contributed by atoms with Crippen LogP contribution in [0.3, 0.4) is 0 Å². The van der Waals surface area contributed by atoms with Crippen molar-refractivity contribution in [2.24, 2.45) is 16.7 Å². The third-order valence-corrected chi connectivity index (χ3v) is 6.33. The summed E-state index contributed by atoms with van der Waals surface area (Å²) < 4.78 is 0. The molecule has 4 bridgehead atoms. The van der Waals surface area contributed by atoms with Crippen LogP contribution in [0, 0.1) is 16.7 Å². The quantitative estimate of drug-likeness (QED) is 0.747. The van der Waals surface area contributed by atoms with Crippen molar-refractivity contribution in [1.29, 1.82) is 0 Å². The van der Waals surface area contributed by atoms with Crippen LogP contribution in [0.15, 0.2) is 18.2 Å². The van der Waals surface area contributed by atoms with E-state index in [-0.39, 0.29) is 5.54 Å². The molecule has 0 heterocycles. The summed E-state index contributed by atoms with van der Waals surface area (Å²) in [5.74, 6) is 0.885. The van der Waals surface area contributed by atoms with Gasteiger partial charge in [-0.25, -0.2) is 0 Å². The number of nitrogens with two attached hydrogens (primary N) is 1. The Hall–Kier alpha value is -0.890. The van der Waals surface area contributed by atoms with Gasteiger partial charge in [0.05, 0.1) is 10.7 Å². The average Bonchev–Trinajstić information content (AvgIpc) is 2.28. The van der Waals surface area contributed by atoms with E-state index in [0.29, 0.717) is 10.8 Å². The Morgan fingerprint density at radius 1 is 1.10 bits per heavy atom. The second-order valence-corrected chi connectivity index (χ2v) is 9.18. The minimum absolute atomic E-state index is 0.239.